The van der Waals surface area contributed by atoms with Crippen LogP contribution < -0.4 is 9.47 Å². The van der Waals surface area contributed by atoms with Crippen molar-refractivity contribution in [3.05, 3.63) is 23.8 Å². The summed E-state index contributed by atoms with van der Waals surface area (Å²) in [7, 11) is 0. The molecule has 0 unspecified atom stereocenters. The van der Waals surface area contributed by atoms with Gasteiger partial charge in [-0.3, -0.25) is 14.5 Å². The molecule has 5 nitrogen and oxygen atoms in total. The number of carbonyl (C=O) groups excluding carboxylic acids is 2. The minimum absolute atomic E-state index is 0.0251. The van der Waals surface area contributed by atoms with Crippen LogP contribution in [0.4, 0.5) is 0 Å². The summed E-state index contributed by atoms with van der Waals surface area (Å²) in [4.78, 5) is 26.7. The maximum atomic E-state index is 12.8. The molecule has 1 saturated carbocycles. The summed E-state index contributed by atoms with van der Waals surface area (Å²) in [6.07, 6.45) is 5.37. The fourth-order valence-electron chi connectivity index (χ4n) is 4.01. The zero-order valence-electron chi connectivity index (χ0n) is 13.2. The number of fused-ring (bicyclic) bond motifs is 1. The number of benzene rings is 1. The van der Waals surface area contributed by atoms with Crippen LogP contribution in [0.3, 0.4) is 0 Å². The molecule has 0 radical (unpaired) electrons. The third-order valence-corrected chi connectivity index (χ3v) is 5.25. The topological polar surface area (TPSA) is 55.8 Å². The van der Waals surface area contributed by atoms with E-state index < -0.39 is 5.41 Å². The summed E-state index contributed by atoms with van der Waals surface area (Å²) in [5, 5.41) is 0. The SMILES string of the molecule is O=C1CC2(CCCCC2)C(=O)N1Cc1ccc2c(c1)OCCO2. The lowest BCUT2D eigenvalue weighted by Crippen LogP contribution is -2.36. The van der Waals surface area contributed by atoms with Gasteiger partial charge in [0.15, 0.2) is 11.5 Å². The van der Waals surface area contributed by atoms with E-state index in [-0.39, 0.29) is 11.8 Å². The second-order valence-corrected chi connectivity index (χ2v) is 6.78. The van der Waals surface area contributed by atoms with Crippen molar-refractivity contribution in [3.8, 4) is 11.5 Å². The molecule has 1 saturated heterocycles. The normalized spacial score (nSPS) is 22.7. The van der Waals surface area contributed by atoms with Crippen molar-refractivity contribution in [3.63, 3.8) is 0 Å². The molecule has 2 aliphatic heterocycles. The highest BCUT2D eigenvalue weighted by Gasteiger charge is 2.51. The monoisotopic (exact) mass is 315 g/mol. The zero-order valence-corrected chi connectivity index (χ0v) is 13.2. The molecule has 0 atom stereocenters. The van der Waals surface area contributed by atoms with Gasteiger partial charge < -0.3 is 9.47 Å². The Labute approximate surface area is 135 Å². The molecule has 23 heavy (non-hydrogen) atoms. The highest BCUT2D eigenvalue weighted by Crippen LogP contribution is 2.45. The first kappa shape index (κ1) is 14.5. The number of likely N-dealkylation sites (tertiary alicyclic amines) is 1. The number of amides is 2. The summed E-state index contributed by atoms with van der Waals surface area (Å²) < 4.78 is 11.1. The van der Waals surface area contributed by atoms with Crippen molar-refractivity contribution in [2.75, 3.05) is 13.2 Å². The van der Waals surface area contributed by atoms with Gasteiger partial charge in [0.25, 0.3) is 0 Å². The second-order valence-electron chi connectivity index (χ2n) is 6.78. The Kier molecular flexibility index (Phi) is 3.51. The van der Waals surface area contributed by atoms with Crippen LogP contribution in [0.15, 0.2) is 18.2 Å². The van der Waals surface area contributed by atoms with E-state index in [2.05, 4.69) is 0 Å². The van der Waals surface area contributed by atoms with Gasteiger partial charge >= 0.3 is 0 Å². The van der Waals surface area contributed by atoms with Crippen molar-refractivity contribution in [1.82, 2.24) is 4.90 Å². The fourth-order valence-corrected chi connectivity index (χ4v) is 4.01. The first-order valence-corrected chi connectivity index (χ1v) is 8.41. The van der Waals surface area contributed by atoms with Crippen molar-refractivity contribution in [2.45, 2.75) is 45.1 Å². The van der Waals surface area contributed by atoms with Crippen LogP contribution in [-0.4, -0.2) is 29.9 Å². The van der Waals surface area contributed by atoms with Gasteiger partial charge in [0.2, 0.25) is 11.8 Å². The standard InChI is InChI=1S/C18H21NO4/c20-16-11-18(6-2-1-3-7-18)17(21)19(16)12-13-4-5-14-15(10-13)23-9-8-22-14/h4-5,10H,1-3,6-9,11-12H2. The van der Waals surface area contributed by atoms with Gasteiger partial charge in [0.1, 0.15) is 13.2 Å². The Morgan fingerprint density at radius 3 is 2.52 bits per heavy atom. The average molecular weight is 315 g/mol. The minimum Gasteiger partial charge on any atom is -0.486 e. The molecule has 1 aromatic carbocycles. The van der Waals surface area contributed by atoms with Gasteiger partial charge in [-0.05, 0) is 30.5 Å². The van der Waals surface area contributed by atoms with E-state index in [1.165, 1.54) is 11.3 Å². The van der Waals surface area contributed by atoms with Crippen LogP contribution in [0.5, 0.6) is 11.5 Å². The van der Waals surface area contributed by atoms with E-state index in [1.807, 2.05) is 18.2 Å². The quantitative estimate of drug-likeness (QED) is 0.787. The smallest absolute Gasteiger partial charge is 0.236 e. The average Bonchev–Trinajstić information content (AvgIpc) is 2.80. The predicted octanol–water partition coefficient (Wildman–Crippen LogP) is 2.67. The lowest BCUT2D eigenvalue weighted by atomic mass is 9.73. The van der Waals surface area contributed by atoms with Crippen LogP contribution in [0.1, 0.15) is 44.1 Å². The van der Waals surface area contributed by atoms with E-state index in [4.69, 9.17) is 9.47 Å². The molecule has 0 aromatic heterocycles. The Hall–Kier alpha value is -2.04. The van der Waals surface area contributed by atoms with E-state index in [9.17, 15) is 9.59 Å². The molecule has 2 amide bonds. The van der Waals surface area contributed by atoms with Gasteiger partial charge in [-0.1, -0.05) is 25.3 Å². The fraction of sp³-hybridized carbons (Fsp3) is 0.556. The van der Waals surface area contributed by atoms with Gasteiger partial charge in [-0.25, -0.2) is 0 Å². The maximum Gasteiger partial charge on any atom is 0.236 e. The van der Waals surface area contributed by atoms with E-state index in [0.717, 1.165) is 37.0 Å². The van der Waals surface area contributed by atoms with Gasteiger partial charge in [0, 0.05) is 6.42 Å². The van der Waals surface area contributed by atoms with E-state index >= 15 is 0 Å². The first-order valence-electron chi connectivity index (χ1n) is 8.41. The van der Waals surface area contributed by atoms with Crippen LogP contribution in [0.2, 0.25) is 0 Å². The molecule has 3 aliphatic rings. The molecule has 122 valence electrons. The van der Waals surface area contributed by atoms with Crippen molar-refractivity contribution < 1.29 is 19.1 Å². The number of rotatable bonds is 2. The van der Waals surface area contributed by atoms with Gasteiger partial charge in [0.05, 0.1) is 12.0 Å². The highest BCUT2D eigenvalue weighted by atomic mass is 16.6. The van der Waals surface area contributed by atoms with Crippen LogP contribution in [-0.2, 0) is 16.1 Å². The molecule has 0 bridgehead atoms. The van der Waals surface area contributed by atoms with Crippen LogP contribution in [0.25, 0.3) is 0 Å². The van der Waals surface area contributed by atoms with Gasteiger partial charge in [-0.15, -0.1) is 0 Å². The lowest BCUT2D eigenvalue weighted by molar-refractivity contribution is -0.142. The maximum absolute atomic E-state index is 12.8. The summed E-state index contributed by atoms with van der Waals surface area (Å²) in [6, 6.07) is 5.63. The summed E-state index contributed by atoms with van der Waals surface area (Å²) in [6.45, 7) is 1.41. The molecule has 4 rings (SSSR count). The third-order valence-electron chi connectivity index (χ3n) is 5.25. The molecular weight excluding hydrogens is 294 g/mol. The predicted molar refractivity (Wildman–Crippen MR) is 83.1 cm³/mol. The number of nitrogens with zero attached hydrogens (tertiary/aromatic N) is 1. The Morgan fingerprint density at radius 1 is 1.00 bits per heavy atom. The molecule has 1 spiro atoms. The molecular formula is C18H21NO4. The molecule has 1 aromatic rings. The van der Waals surface area contributed by atoms with Crippen LogP contribution in [0, 0.1) is 5.41 Å². The van der Waals surface area contributed by atoms with Crippen LogP contribution >= 0.6 is 0 Å². The summed E-state index contributed by atoms with van der Waals surface area (Å²) in [5.41, 5.74) is 0.493. The molecule has 1 aliphatic carbocycles. The summed E-state index contributed by atoms with van der Waals surface area (Å²) >= 11 is 0. The number of imide groups is 1. The number of carbonyl (C=O) groups is 2. The lowest BCUT2D eigenvalue weighted by Gasteiger charge is -2.30. The number of hydrogen-bond acceptors (Lipinski definition) is 4. The van der Waals surface area contributed by atoms with Crippen molar-refractivity contribution >= 4 is 11.8 Å². The summed E-state index contributed by atoms with van der Waals surface area (Å²) in [5.74, 6) is 1.41. The van der Waals surface area contributed by atoms with E-state index in [1.54, 1.807) is 0 Å². The van der Waals surface area contributed by atoms with Crippen molar-refractivity contribution in [2.24, 2.45) is 5.41 Å². The third kappa shape index (κ3) is 2.48. The largest absolute Gasteiger partial charge is 0.486 e. The zero-order chi connectivity index (χ0) is 15.9. The van der Waals surface area contributed by atoms with E-state index in [0.29, 0.717) is 31.9 Å². The first-order chi connectivity index (χ1) is 11.2. The number of hydrogen-bond donors (Lipinski definition) is 0. The minimum atomic E-state index is -0.414. The van der Waals surface area contributed by atoms with Gasteiger partial charge in [-0.2, -0.15) is 0 Å². The highest BCUT2D eigenvalue weighted by molar-refractivity contribution is 6.05. The molecule has 2 heterocycles. The van der Waals surface area contributed by atoms with Crippen molar-refractivity contribution in [1.29, 1.82) is 0 Å². The second kappa shape index (κ2) is 5.55. The Morgan fingerprint density at radius 2 is 1.74 bits per heavy atom. The number of ether oxygens (including phenoxy) is 2. The molecule has 2 fully saturated rings. The molecule has 5 heteroatoms. The Bertz CT molecular complexity index is 648. The Balaban J connectivity index is 1.54. The molecule has 0 N–H and O–H groups in total.